The van der Waals surface area contributed by atoms with E-state index in [-0.39, 0.29) is 5.57 Å². The maximum atomic E-state index is 11.3. The summed E-state index contributed by atoms with van der Waals surface area (Å²) in [6.07, 6.45) is 1.31. The lowest BCUT2D eigenvalue weighted by atomic mass is 10.2. The summed E-state index contributed by atoms with van der Waals surface area (Å²) in [6.45, 7) is 0. The van der Waals surface area contributed by atoms with Gasteiger partial charge < -0.3 is 10.1 Å². The molecule has 0 fully saturated rings. The SMILES string of the molecule is COC(=O)c1ccc(NC=C(C#N)C#N)c(I)c1. The van der Waals surface area contributed by atoms with Crippen LogP contribution in [0.3, 0.4) is 0 Å². The largest absolute Gasteiger partial charge is 0.465 e. The Morgan fingerprint density at radius 3 is 2.61 bits per heavy atom. The molecule has 0 radical (unpaired) electrons. The van der Waals surface area contributed by atoms with E-state index >= 15 is 0 Å². The smallest absolute Gasteiger partial charge is 0.337 e. The first-order valence-electron chi connectivity index (χ1n) is 4.77. The molecule has 0 saturated heterocycles. The quantitative estimate of drug-likeness (QED) is 0.512. The zero-order chi connectivity index (χ0) is 13.5. The molecule has 0 amide bonds. The molecule has 0 saturated carbocycles. The van der Waals surface area contributed by atoms with E-state index in [1.54, 1.807) is 30.3 Å². The van der Waals surface area contributed by atoms with Crippen LogP contribution in [0.4, 0.5) is 5.69 Å². The Morgan fingerprint density at radius 1 is 1.44 bits per heavy atom. The van der Waals surface area contributed by atoms with Crippen molar-refractivity contribution in [2.24, 2.45) is 0 Å². The zero-order valence-electron chi connectivity index (χ0n) is 9.40. The summed E-state index contributed by atoms with van der Waals surface area (Å²) in [4.78, 5) is 11.3. The van der Waals surface area contributed by atoms with E-state index in [0.717, 1.165) is 3.57 Å². The summed E-state index contributed by atoms with van der Waals surface area (Å²) in [5.41, 5.74) is 1.12. The van der Waals surface area contributed by atoms with Crippen molar-refractivity contribution in [3.8, 4) is 12.1 Å². The number of carbonyl (C=O) groups is 1. The summed E-state index contributed by atoms with van der Waals surface area (Å²) in [5, 5.41) is 20.0. The number of esters is 1. The van der Waals surface area contributed by atoms with Gasteiger partial charge >= 0.3 is 5.97 Å². The van der Waals surface area contributed by atoms with Gasteiger partial charge in [-0.3, -0.25) is 0 Å². The highest BCUT2D eigenvalue weighted by molar-refractivity contribution is 14.1. The fraction of sp³-hybridized carbons (Fsp3) is 0.0833. The average molecular weight is 353 g/mol. The maximum Gasteiger partial charge on any atom is 0.337 e. The number of ether oxygens (including phenoxy) is 1. The monoisotopic (exact) mass is 353 g/mol. The van der Waals surface area contributed by atoms with Gasteiger partial charge in [0.15, 0.2) is 0 Å². The molecule has 0 aliphatic rings. The van der Waals surface area contributed by atoms with E-state index in [2.05, 4.69) is 10.1 Å². The van der Waals surface area contributed by atoms with Crippen LogP contribution in [0.5, 0.6) is 0 Å². The van der Waals surface area contributed by atoms with Gasteiger partial charge in [-0.25, -0.2) is 4.79 Å². The Kier molecular flexibility index (Phi) is 5.15. The number of methoxy groups -OCH3 is 1. The lowest BCUT2D eigenvalue weighted by Crippen LogP contribution is -2.02. The standard InChI is InChI=1S/C12H8IN3O2/c1-18-12(17)9-2-3-11(10(13)4-9)16-7-8(5-14)6-15/h2-4,7,16H,1H3. The number of hydrogen-bond donors (Lipinski definition) is 1. The first-order chi connectivity index (χ1) is 8.62. The fourth-order valence-corrected chi connectivity index (χ4v) is 1.79. The normalized spacial score (nSPS) is 8.67. The van der Waals surface area contributed by atoms with E-state index in [4.69, 9.17) is 10.5 Å². The Labute approximate surface area is 118 Å². The van der Waals surface area contributed by atoms with Gasteiger partial charge in [0.2, 0.25) is 0 Å². The lowest BCUT2D eigenvalue weighted by molar-refractivity contribution is 0.0600. The van der Waals surface area contributed by atoms with E-state index in [9.17, 15) is 4.79 Å². The zero-order valence-corrected chi connectivity index (χ0v) is 11.6. The third-order valence-corrected chi connectivity index (χ3v) is 2.90. The number of allylic oxidation sites excluding steroid dienone is 1. The second-order valence-corrected chi connectivity index (χ2v) is 4.27. The van der Waals surface area contributed by atoms with Crippen LogP contribution in [0.25, 0.3) is 0 Å². The molecule has 0 atom stereocenters. The van der Waals surface area contributed by atoms with E-state index in [0.29, 0.717) is 11.3 Å². The van der Waals surface area contributed by atoms with Crippen molar-refractivity contribution in [1.82, 2.24) is 0 Å². The maximum absolute atomic E-state index is 11.3. The minimum atomic E-state index is -0.412. The molecule has 5 nitrogen and oxygen atoms in total. The summed E-state index contributed by atoms with van der Waals surface area (Å²) < 4.78 is 5.38. The molecule has 0 aromatic heterocycles. The number of anilines is 1. The molecule has 1 aromatic carbocycles. The minimum absolute atomic E-state index is 0.0251. The van der Waals surface area contributed by atoms with Crippen LogP contribution in [-0.2, 0) is 4.74 Å². The van der Waals surface area contributed by atoms with Crippen molar-refractivity contribution >= 4 is 34.2 Å². The molecular formula is C12H8IN3O2. The molecule has 0 bridgehead atoms. The van der Waals surface area contributed by atoms with E-state index in [1.807, 2.05) is 22.6 Å². The van der Waals surface area contributed by atoms with Crippen molar-refractivity contribution in [2.75, 3.05) is 12.4 Å². The van der Waals surface area contributed by atoms with Gasteiger partial charge in [0.1, 0.15) is 17.7 Å². The van der Waals surface area contributed by atoms with Crippen molar-refractivity contribution in [3.05, 3.63) is 39.1 Å². The number of hydrogen-bond acceptors (Lipinski definition) is 5. The average Bonchev–Trinajstić information content (AvgIpc) is 2.40. The third kappa shape index (κ3) is 3.47. The van der Waals surface area contributed by atoms with Crippen LogP contribution in [0.1, 0.15) is 10.4 Å². The molecule has 90 valence electrons. The third-order valence-electron chi connectivity index (χ3n) is 2.00. The molecule has 0 aliphatic carbocycles. The number of benzene rings is 1. The molecular weight excluding hydrogens is 345 g/mol. The van der Waals surface area contributed by atoms with Crippen LogP contribution in [-0.4, -0.2) is 13.1 Å². The van der Waals surface area contributed by atoms with E-state index in [1.165, 1.54) is 13.3 Å². The molecule has 0 unspecified atom stereocenters. The Hall–Kier alpha value is -2.06. The van der Waals surface area contributed by atoms with Crippen LogP contribution in [0.15, 0.2) is 30.0 Å². The molecule has 0 aliphatic heterocycles. The van der Waals surface area contributed by atoms with Gasteiger partial charge in [-0.15, -0.1) is 0 Å². The van der Waals surface area contributed by atoms with Gasteiger partial charge in [-0.2, -0.15) is 10.5 Å². The van der Waals surface area contributed by atoms with Crippen LogP contribution >= 0.6 is 22.6 Å². The minimum Gasteiger partial charge on any atom is -0.465 e. The number of nitrogens with zero attached hydrogens (tertiary/aromatic N) is 2. The molecule has 0 spiro atoms. The topological polar surface area (TPSA) is 85.9 Å². The van der Waals surface area contributed by atoms with Crippen LogP contribution < -0.4 is 5.32 Å². The summed E-state index contributed by atoms with van der Waals surface area (Å²) in [5.74, 6) is -0.412. The second-order valence-electron chi connectivity index (χ2n) is 3.11. The number of nitrogens with one attached hydrogen (secondary N) is 1. The fourth-order valence-electron chi connectivity index (χ4n) is 1.12. The highest BCUT2D eigenvalue weighted by Gasteiger charge is 2.07. The Morgan fingerprint density at radius 2 is 2.11 bits per heavy atom. The predicted octanol–water partition coefficient (Wildman–Crippen LogP) is 2.42. The Balaban J connectivity index is 2.95. The molecule has 18 heavy (non-hydrogen) atoms. The number of rotatable bonds is 3. The first-order valence-corrected chi connectivity index (χ1v) is 5.85. The van der Waals surface area contributed by atoms with Crippen molar-refractivity contribution < 1.29 is 9.53 Å². The first kappa shape index (κ1) is 14.0. The number of halogens is 1. The van der Waals surface area contributed by atoms with Crippen molar-refractivity contribution in [1.29, 1.82) is 10.5 Å². The van der Waals surface area contributed by atoms with Gasteiger partial charge in [0.25, 0.3) is 0 Å². The highest BCUT2D eigenvalue weighted by Crippen LogP contribution is 2.20. The molecule has 0 heterocycles. The van der Waals surface area contributed by atoms with Crippen molar-refractivity contribution in [3.63, 3.8) is 0 Å². The highest BCUT2D eigenvalue weighted by atomic mass is 127. The molecule has 6 heteroatoms. The van der Waals surface area contributed by atoms with Crippen LogP contribution in [0, 0.1) is 26.2 Å². The lowest BCUT2D eigenvalue weighted by Gasteiger charge is -2.06. The molecule has 1 aromatic rings. The molecule has 1 N–H and O–H groups in total. The van der Waals surface area contributed by atoms with E-state index < -0.39 is 5.97 Å². The second kappa shape index (κ2) is 6.62. The Bertz CT molecular complexity index is 566. The van der Waals surface area contributed by atoms with Gasteiger partial charge in [0, 0.05) is 9.77 Å². The summed E-state index contributed by atoms with van der Waals surface area (Å²) in [7, 11) is 1.32. The summed E-state index contributed by atoms with van der Waals surface area (Å²) >= 11 is 2.04. The van der Waals surface area contributed by atoms with Gasteiger partial charge in [0.05, 0.1) is 18.4 Å². The number of nitriles is 2. The van der Waals surface area contributed by atoms with Crippen molar-refractivity contribution in [2.45, 2.75) is 0 Å². The molecule has 1 rings (SSSR count). The number of carbonyl (C=O) groups excluding carboxylic acids is 1. The van der Waals surface area contributed by atoms with Crippen LogP contribution in [0.2, 0.25) is 0 Å². The van der Waals surface area contributed by atoms with Gasteiger partial charge in [-0.1, -0.05) is 0 Å². The summed E-state index contributed by atoms with van der Waals surface area (Å²) in [6, 6.07) is 8.41. The predicted molar refractivity (Wildman–Crippen MR) is 73.4 cm³/mol. The van der Waals surface area contributed by atoms with Gasteiger partial charge in [-0.05, 0) is 40.8 Å².